The Bertz CT molecular complexity index is 485. The van der Waals surface area contributed by atoms with Crippen molar-refractivity contribution in [3.63, 3.8) is 0 Å². The van der Waals surface area contributed by atoms with Crippen LogP contribution in [-0.4, -0.2) is 35.2 Å². The number of carbonyl (C=O) groups is 2. The predicted molar refractivity (Wildman–Crippen MR) is 114 cm³/mol. The monoisotopic (exact) mass is 395 g/mol. The van der Waals surface area contributed by atoms with Gasteiger partial charge < -0.3 is 15.2 Å². The van der Waals surface area contributed by atoms with Crippen LogP contribution in [0.15, 0.2) is 0 Å². The van der Waals surface area contributed by atoms with Gasteiger partial charge in [-0.15, -0.1) is 0 Å². The highest BCUT2D eigenvalue weighted by Gasteiger charge is 2.22. The summed E-state index contributed by atoms with van der Waals surface area (Å²) >= 11 is 0. The molecular weight excluding hydrogens is 354 g/mol. The van der Waals surface area contributed by atoms with Crippen LogP contribution < -0.4 is 5.32 Å². The van der Waals surface area contributed by atoms with Gasteiger partial charge in [0, 0.05) is 6.42 Å². The topological polar surface area (TPSA) is 75.6 Å². The smallest absolute Gasteiger partial charge is 0.408 e. The maximum Gasteiger partial charge on any atom is 0.408 e. The summed E-state index contributed by atoms with van der Waals surface area (Å²) in [4.78, 5) is 23.6. The molecule has 0 saturated carbocycles. The molecule has 0 aromatic heterocycles. The Morgan fingerprint density at radius 1 is 0.929 bits per heavy atom. The fraction of sp³-hybridized carbons (Fsp3) is 0.826. The maximum absolute atomic E-state index is 12.0. The van der Waals surface area contributed by atoms with E-state index in [2.05, 4.69) is 24.1 Å². The summed E-state index contributed by atoms with van der Waals surface area (Å²) in [5.41, 5.74) is -0.659. The number of ketones is 1. The van der Waals surface area contributed by atoms with Crippen molar-refractivity contribution in [2.75, 3.05) is 6.61 Å². The summed E-state index contributed by atoms with van der Waals surface area (Å²) in [5, 5.41) is 11.6. The lowest BCUT2D eigenvalue weighted by Crippen LogP contribution is -2.45. The predicted octanol–water partition coefficient (Wildman–Crippen LogP) is 5.15. The average Bonchev–Trinajstić information content (AvgIpc) is 2.61. The van der Waals surface area contributed by atoms with Crippen molar-refractivity contribution in [3.8, 4) is 11.8 Å². The molecule has 5 heteroatoms. The van der Waals surface area contributed by atoms with Gasteiger partial charge in [-0.3, -0.25) is 4.79 Å². The zero-order valence-corrected chi connectivity index (χ0v) is 18.4. The fourth-order valence-electron chi connectivity index (χ4n) is 2.76. The number of aliphatic hydroxyl groups is 1. The summed E-state index contributed by atoms with van der Waals surface area (Å²) < 4.78 is 5.08. The molecule has 0 aromatic rings. The molecule has 28 heavy (non-hydrogen) atoms. The van der Waals surface area contributed by atoms with E-state index < -0.39 is 30.1 Å². The Labute approximate surface area is 172 Å². The van der Waals surface area contributed by atoms with Crippen LogP contribution in [0.4, 0.5) is 4.79 Å². The Balaban J connectivity index is 3.81. The first-order valence-electron chi connectivity index (χ1n) is 10.9. The second-order valence-corrected chi connectivity index (χ2v) is 8.33. The number of rotatable bonds is 14. The van der Waals surface area contributed by atoms with Crippen LogP contribution in [0.2, 0.25) is 0 Å². The van der Waals surface area contributed by atoms with Gasteiger partial charge in [0.25, 0.3) is 0 Å². The average molecular weight is 396 g/mol. The van der Waals surface area contributed by atoms with E-state index in [1.165, 1.54) is 57.8 Å². The molecule has 1 atom stereocenters. The van der Waals surface area contributed by atoms with E-state index in [0.29, 0.717) is 6.42 Å². The van der Waals surface area contributed by atoms with Gasteiger partial charge >= 0.3 is 6.09 Å². The summed E-state index contributed by atoms with van der Waals surface area (Å²) in [6, 6.07) is -1.04. The van der Waals surface area contributed by atoms with Crippen LogP contribution in [0, 0.1) is 11.8 Å². The van der Waals surface area contributed by atoms with Crippen molar-refractivity contribution in [2.24, 2.45) is 0 Å². The van der Waals surface area contributed by atoms with E-state index in [9.17, 15) is 14.7 Å². The molecule has 0 aliphatic carbocycles. The fourth-order valence-corrected chi connectivity index (χ4v) is 2.76. The number of unbranched alkanes of at least 4 members (excludes halogenated alkanes) is 11. The van der Waals surface area contributed by atoms with Gasteiger partial charge in [0.1, 0.15) is 11.6 Å². The van der Waals surface area contributed by atoms with E-state index in [1.54, 1.807) is 20.8 Å². The van der Waals surface area contributed by atoms with Gasteiger partial charge in [-0.1, -0.05) is 77.1 Å². The molecule has 0 aliphatic rings. The molecule has 1 amide bonds. The van der Waals surface area contributed by atoms with E-state index in [4.69, 9.17) is 4.74 Å². The second kappa shape index (κ2) is 16.4. The quantitative estimate of drug-likeness (QED) is 0.242. The number of Topliss-reactive ketones (excluding diaryl/α,β-unsaturated/α-hetero) is 1. The minimum absolute atomic E-state index is 0.489. The molecule has 0 fully saturated rings. The molecule has 0 heterocycles. The van der Waals surface area contributed by atoms with Crippen LogP contribution in [0.5, 0.6) is 0 Å². The lowest BCUT2D eigenvalue weighted by Gasteiger charge is -2.21. The molecular formula is C23H41NO4. The van der Waals surface area contributed by atoms with E-state index in [1.807, 2.05) is 0 Å². The zero-order valence-electron chi connectivity index (χ0n) is 18.4. The van der Waals surface area contributed by atoms with Crippen molar-refractivity contribution in [3.05, 3.63) is 0 Å². The molecule has 0 radical (unpaired) electrons. The van der Waals surface area contributed by atoms with Crippen molar-refractivity contribution in [1.82, 2.24) is 5.32 Å². The number of carbonyl (C=O) groups excluding carboxylic acids is 2. The molecule has 0 bridgehead atoms. The molecule has 0 spiro atoms. The van der Waals surface area contributed by atoms with Gasteiger partial charge in [-0.2, -0.15) is 0 Å². The largest absolute Gasteiger partial charge is 0.444 e. The summed E-state index contributed by atoms with van der Waals surface area (Å²) in [7, 11) is 0. The van der Waals surface area contributed by atoms with Crippen molar-refractivity contribution >= 4 is 11.9 Å². The third-order valence-corrected chi connectivity index (χ3v) is 4.31. The van der Waals surface area contributed by atoms with Crippen molar-refractivity contribution in [1.29, 1.82) is 0 Å². The Morgan fingerprint density at radius 3 is 1.89 bits per heavy atom. The lowest BCUT2D eigenvalue weighted by molar-refractivity contribution is -0.116. The normalized spacial score (nSPS) is 12.0. The molecule has 0 unspecified atom stereocenters. The van der Waals surface area contributed by atoms with E-state index in [-0.39, 0.29) is 0 Å². The molecule has 0 aromatic carbocycles. The summed E-state index contributed by atoms with van der Waals surface area (Å²) in [6.45, 7) is 6.94. The Kier molecular flexibility index (Phi) is 15.5. The number of hydrogen-bond donors (Lipinski definition) is 2. The number of amides is 1. The van der Waals surface area contributed by atoms with Crippen molar-refractivity contribution in [2.45, 2.75) is 116 Å². The zero-order chi connectivity index (χ0) is 21.3. The molecule has 5 nitrogen and oxygen atoms in total. The molecule has 162 valence electrons. The number of ether oxygens (including phenoxy) is 1. The first-order chi connectivity index (χ1) is 13.3. The van der Waals surface area contributed by atoms with Crippen LogP contribution in [0.25, 0.3) is 0 Å². The minimum atomic E-state index is -1.04. The highest BCUT2D eigenvalue weighted by molar-refractivity contribution is 6.01. The highest BCUT2D eigenvalue weighted by Crippen LogP contribution is 2.11. The number of nitrogens with one attached hydrogen (secondary N) is 1. The third-order valence-electron chi connectivity index (χ3n) is 4.31. The van der Waals surface area contributed by atoms with Crippen LogP contribution in [0.3, 0.4) is 0 Å². The van der Waals surface area contributed by atoms with Crippen LogP contribution >= 0.6 is 0 Å². The minimum Gasteiger partial charge on any atom is -0.444 e. The van der Waals surface area contributed by atoms with Gasteiger partial charge in [-0.25, -0.2) is 4.79 Å². The molecule has 2 N–H and O–H groups in total. The molecule has 0 aliphatic heterocycles. The lowest BCUT2D eigenvalue weighted by atomic mass is 10.1. The van der Waals surface area contributed by atoms with Crippen LogP contribution in [0.1, 0.15) is 105 Å². The van der Waals surface area contributed by atoms with Gasteiger partial charge in [0.05, 0.1) is 6.61 Å². The van der Waals surface area contributed by atoms with Gasteiger partial charge in [-0.05, 0) is 33.1 Å². The number of alkyl carbamates (subject to hydrolysis) is 1. The molecule has 0 rings (SSSR count). The Morgan fingerprint density at radius 2 is 1.43 bits per heavy atom. The van der Waals surface area contributed by atoms with E-state index >= 15 is 0 Å². The third kappa shape index (κ3) is 16.6. The first kappa shape index (κ1) is 26.5. The second-order valence-electron chi connectivity index (χ2n) is 8.33. The highest BCUT2D eigenvalue weighted by atomic mass is 16.6. The van der Waals surface area contributed by atoms with Gasteiger partial charge in [0.2, 0.25) is 5.78 Å². The summed E-state index contributed by atoms with van der Waals surface area (Å²) in [6.07, 6.45) is 13.9. The van der Waals surface area contributed by atoms with Gasteiger partial charge in [0.15, 0.2) is 0 Å². The number of hydrogen-bond acceptors (Lipinski definition) is 4. The van der Waals surface area contributed by atoms with Crippen molar-refractivity contribution < 1.29 is 19.4 Å². The number of aliphatic hydroxyl groups excluding tert-OH is 1. The maximum atomic E-state index is 12.0. The first-order valence-corrected chi connectivity index (χ1v) is 10.9. The van der Waals surface area contributed by atoms with E-state index in [0.717, 1.165) is 12.8 Å². The molecule has 0 saturated heterocycles. The Hall–Kier alpha value is -1.54. The SMILES string of the molecule is CCCCCCCCCCCCCC#CC(=O)[C@H](CO)NC(=O)OC(C)(C)C. The van der Waals surface area contributed by atoms with Crippen LogP contribution in [-0.2, 0) is 9.53 Å². The summed E-state index contributed by atoms with van der Waals surface area (Å²) in [5.74, 6) is 4.88. The standard InChI is InChI=1S/C23H41NO4/c1-5-6-7-8-9-10-11-12-13-14-15-16-17-18-21(26)20(19-25)24-22(27)28-23(2,3)4/h20,25H,5-16,19H2,1-4H3,(H,24,27)/t20-/m0/s1.